The maximum Gasteiger partial charge on any atom is 0.421 e. The molecule has 2 aromatic heterocycles. The molecule has 0 aliphatic heterocycles. The molecule has 9 heteroatoms. The van der Waals surface area contributed by atoms with Crippen LogP contribution in [0.5, 0.6) is 0 Å². The molecular weight excluding hydrogens is 434 g/mol. The fraction of sp³-hybridized carbons (Fsp3) is 0.364. The maximum atomic E-state index is 12.9. The summed E-state index contributed by atoms with van der Waals surface area (Å²) in [4.78, 5) is 17.0. The van der Waals surface area contributed by atoms with Gasteiger partial charge in [0.2, 0.25) is 0 Å². The molecule has 0 atom stereocenters. The first-order valence-electron chi connectivity index (χ1n) is 10.1. The minimum absolute atomic E-state index is 0.0924. The molecule has 3 aromatic rings. The van der Waals surface area contributed by atoms with E-state index in [1.807, 2.05) is 52.7 Å². The number of ether oxygens (including phenoxy) is 1. The van der Waals surface area contributed by atoms with Gasteiger partial charge >= 0.3 is 6.09 Å². The summed E-state index contributed by atoms with van der Waals surface area (Å²) in [6.45, 7) is 8.51. The molecule has 1 amide bonds. The van der Waals surface area contributed by atoms with Crippen LogP contribution in [0.3, 0.4) is 0 Å². The van der Waals surface area contributed by atoms with Crippen molar-refractivity contribution < 1.29 is 17.9 Å². The second kappa shape index (κ2) is 9.65. The second-order valence-corrected chi connectivity index (χ2v) is 10.7. The molecule has 0 radical (unpaired) electrons. The minimum Gasteiger partial charge on any atom is -0.449 e. The van der Waals surface area contributed by atoms with Crippen molar-refractivity contribution in [1.82, 2.24) is 14.3 Å². The molecule has 2 heterocycles. The summed E-state index contributed by atoms with van der Waals surface area (Å²) < 4.78 is 34.8. The Morgan fingerprint density at radius 2 is 1.97 bits per heavy atom. The van der Waals surface area contributed by atoms with Gasteiger partial charge in [-0.25, -0.2) is 22.9 Å². The van der Waals surface area contributed by atoms with Gasteiger partial charge < -0.3 is 9.30 Å². The van der Waals surface area contributed by atoms with Crippen LogP contribution in [-0.4, -0.2) is 30.7 Å². The number of hydrogen-bond acceptors (Lipinski definition) is 6. The van der Waals surface area contributed by atoms with Crippen LogP contribution in [0.1, 0.15) is 37.0 Å². The van der Waals surface area contributed by atoms with Crippen molar-refractivity contribution in [1.29, 1.82) is 0 Å². The van der Waals surface area contributed by atoms with Gasteiger partial charge in [0.15, 0.2) is 0 Å². The predicted octanol–water partition coefficient (Wildman–Crippen LogP) is 4.60. The summed E-state index contributed by atoms with van der Waals surface area (Å²) in [6, 6.07) is 9.67. The van der Waals surface area contributed by atoms with Crippen molar-refractivity contribution in [2.24, 2.45) is 5.92 Å². The summed E-state index contributed by atoms with van der Waals surface area (Å²) in [5.74, 6) is 1.31. The molecule has 0 saturated carbocycles. The average Bonchev–Trinajstić information content (AvgIpc) is 3.29. The van der Waals surface area contributed by atoms with Crippen LogP contribution >= 0.6 is 11.3 Å². The Labute approximate surface area is 187 Å². The van der Waals surface area contributed by atoms with Crippen molar-refractivity contribution in [3.63, 3.8) is 0 Å². The van der Waals surface area contributed by atoms with E-state index >= 15 is 0 Å². The number of rotatable bonds is 8. The molecule has 0 saturated heterocycles. The average molecular weight is 462 g/mol. The Bertz CT molecular complexity index is 1150. The van der Waals surface area contributed by atoms with Gasteiger partial charge in [-0.05, 0) is 43.4 Å². The molecule has 0 aliphatic rings. The summed E-state index contributed by atoms with van der Waals surface area (Å²) >= 11 is 1.19. The van der Waals surface area contributed by atoms with Crippen LogP contribution in [0.15, 0.2) is 46.9 Å². The van der Waals surface area contributed by atoms with E-state index in [1.54, 1.807) is 13.1 Å². The third-order valence-electron chi connectivity index (χ3n) is 4.64. The molecule has 0 aliphatic carbocycles. The van der Waals surface area contributed by atoms with Gasteiger partial charge in [-0.15, -0.1) is 11.3 Å². The topological polar surface area (TPSA) is 90.3 Å². The molecular formula is C22H27N3O4S2. The molecule has 0 fully saturated rings. The summed E-state index contributed by atoms with van der Waals surface area (Å²) in [7, 11) is -4.05. The highest BCUT2D eigenvalue weighted by molar-refractivity contribution is 7.92. The van der Waals surface area contributed by atoms with Crippen molar-refractivity contribution in [3.05, 3.63) is 59.0 Å². The molecule has 3 rings (SSSR count). The number of sulfonamides is 1. The number of amides is 1. The molecule has 31 heavy (non-hydrogen) atoms. The van der Waals surface area contributed by atoms with Crippen LogP contribution in [0.2, 0.25) is 0 Å². The summed E-state index contributed by atoms with van der Waals surface area (Å²) in [6.07, 6.45) is 3.47. The lowest BCUT2D eigenvalue weighted by molar-refractivity contribution is 0.158. The number of nitrogens with one attached hydrogen (secondary N) is 1. The van der Waals surface area contributed by atoms with E-state index in [9.17, 15) is 13.2 Å². The molecule has 1 aromatic carbocycles. The number of benzene rings is 1. The molecule has 0 bridgehead atoms. The lowest BCUT2D eigenvalue weighted by Gasteiger charge is -2.09. The van der Waals surface area contributed by atoms with E-state index in [0.29, 0.717) is 18.0 Å². The van der Waals surface area contributed by atoms with Crippen LogP contribution < -0.4 is 4.72 Å². The highest BCUT2D eigenvalue weighted by Gasteiger charge is 2.26. The molecule has 0 unspecified atom stereocenters. The maximum absolute atomic E-state index is 12.9. The van der Waals surface area contributed by atoms with Crippen LogP contribution in [0.4, 0.5) is 4.79 Å². The Hall–Kier alpha value is -2.65. The first kappa shape index (κ1) is 23.0. The van der Waals surface area contributed by atoms with Gasteiger partial charge in [-0.3, -0.25) is 0 Å². The van der Waals surface area contributed by atoms with Gasteiger partial charge in [0.05, 0.1) is 6.61 Å². The summed E-state index contributed by atoms with van der Waals surface area (Å²) in [5, 5.41) is 0. The van der Waals surface area contributed by atoms with Gasteiger partial charge in [-0.1, -0.05) is 38.1 Å². The largest absolute Gasteiger partial charge is 0.449 e. The van der Waals surface area contributed by atoms with E-state index in [2.05, 4.69) is 18.8 Å². The second-order valence-electron chi connectivity index (χ2n) is 7.64. The number of carbonyl (C=O) groups is 1. The zero-order valence-electron chi connectivity index (χ0n) is 18.1. The number of aromatic nitrogens is 2. The van der Waals surface area contributed by atoms with Gasteiger partial charge in [0.25, 0.3) is 10.0 Å². The Morgan fingerprint density at radius 1 is 1.26 bits per heavy atom. The first-order chi connectivity index (χ1) is 14.7. The normalized spacial score (nSPS) is 11.6. The van der Waals surface area contributed by atoms with E-state index in [0.717, 1.165) is 28.2 Å². The smallest absolute Gasteiger partial charge is 0.421 e. The van der Waals surface area contributed by atoms with E-state index < -0.39 is 16.1 Å². The zero-order chi connectivity index (χ0) is 22.6. The number of thiophene rings is 1. The predicted molar refractivity (Wildman–Crippen MR) is 122 cm³/mol. The van der Waals surface area contributed by atoms with Crippen molar-refractivity contribution in [2.75, 3.05) is 6.61 Å². The minimum atomic E-state index is -4.05. The molecule has 166 valence electrons. The number of aryl methyl sites for hydroxylation is 1. The molecule has 0 spiro atoms. The molecule has 1 N–H and O–H groups in total. The lowest BCUT2D eigenvalue weighted by Crippen LogP contribution is -2.30. The number of hydrogen-bond donors (Lipinski definition) is 1. The van der Waals surface area contributed by atoms with Gasteiger partial charge in [0, 0.05) is 29.4 Å². The fourth-order valence-electron chi connectivity index (χ4n) is 3.20. The van der Waals surface area contributed by atoms with Crippen molar-refractivity contribution in [2.45, 2.75) is 44.9 Å². The fourth-order valence-corrected chi connectivity index (χ4v) is 6.04. The summed E-state index contributed by atoms with van der Waals surface area (Å²) in [5.41, 5.74) is 2.45. The van der Waals surface area contributed by atoms with E-state index in [1.165, 1.54) is 11.3 Å². The van der Waals surface area contributed by atoms with Crippen molar-refractivity contribution in [3.8, 4) is 11.1 Å². The Balaban J connectivity index is 1.94. The zero-order valence-corrected chi connectivity index (χ0v) is 19.7. The third-order valence-corrected chi connectivity index (χ3v) is 7.64. The standard InChI is InChI=1S/C22H27N3O4S2/c1-5-29-22(26)24-31(27,28)21-20(13-19(30-21)12-15(2)3)18-8-6-17(7-9-18)14-25-11-10-23-16(25)4/h6-11,13,15H,5,12,14H2,1-4H3,(H,24,26). The monoisotopic (exact) mass is 461 g/mol. The highest BCUT2D eigenvalue weighted by atomic mass is 32.2. The highest BCUT2D eigenvalue weighted by Crippen LogP contribution is 2.36. The van der Waals surface area contributed by atoms with Crippen LogP contribution in [0, 0.1) is 12.8 Å². The SMILES string of the molecule is CCOC(=O)NS(=O)(=O)c1sc(CC(C)C)cc1-c1ccc(Cn2ccnc2C)cc1. The Morgan fingerprint density at radius 3 is 2.55 bits per heavy atom. The quantitative estimate of drug-likeness (QED) is 0.529. The van der Waals surface area contributed by atoms with Gasteiger partial charge in [0.1, 0.15) is 10.0 Å². The third kappa shape index (κ3) is 5.74. The number of imidazole rings is 1. The number of carbonyl (C=O) groups excluding carboxylic acids is 1. The Kier molecular flexibility index (Phi) is 7.17. The van der Waals surface area contributed by atoms with Crippen LogP contribution in [0.25, 0.3) is 11.1 Å². The van der Waals surface area contributed by atoms with Gasteiger partial charge in [-0.2, -0.15) is 0 Å². The van der Waals surface area contributed by atoms with E-state index in [4.69, 9.17) is 4.74 Å². The van der Waals surface area contributed by atoms with Crippen molar-refractivity contribution >= 4 is 27.5 Å². The van der Waals surface area contributed by atoms with Crippen LogP contribution in [-0.2, 0) is 27.7 Å². The van der Waals surface area contributed by atoms with E-state index in [-0.39, 0.29) is 10.8 Å². The molecule has 7 nitrogen and oxygen atoms in total. The first-order valence-corrected chi connectivity index (χ1v) is 12.4. The lowest BCUT2D eigenvalue weighted by atomic mass is 10.0. The number of nitrogens with zero attached hydrogens (tertiary/aromatic N) is 2.